The number of urea groups is 1. The first-order valence-electron chi connectivity index (χ1n) is 5.84. The van der Waals surface area contributed by atoms with Gasteiger partial charge in [0.25, 0.3) is 0 Å². The van der Waals surface area contributed by atoms with Crippen molar-refractivity contribution in [3.8, 4) is 6.07 Å². The van der Waals surface area contributed by atoms with Gasteiger partial charge in [-0.3, -0.25) is 0 Å². The molecule has 1 N–H and O–H groups in total. The summed E-state index contributed by atoms with van der Waals surface area (Å²) < 4.78 is 0. The number of benzene rings is 1. The molecule has 0 saturated carbocycles. The lowest BCUT2D eigenvalue weighted by molar-refractivity contribution is 0.201. The molecular formula is C14H17N3O. The fourth-order valence-corrected chi connectivity index (χ4v) is 1.54. The first-order valence-corrected chi connectivity index (χ1v) is 5.84. The summed E-state index contributed by atoms with van der Waals surface area (Å²) in [6.07, 6.45) is 1.69. The smallest absolute Gasteiger partial charge is 0.317 e. The van der Waals surface area contributed by atoms with E-state index in [-0.39, 0.29) is 6.03 Å². The molecule has 0 aliphatic heterocycles. The lowest BCUT2D eigenvalue weighted by Gasteiger charge is -2.21. The molecule has 1 rings (SSSR count). The lowest BCUT2D eigenvalue weighted by atomic mass is 10.1. The summed E-state index contributed by atoms with van der Waals surface area (Å²) >= 11 is 0. The molecule has 1 aromatic rings. The molecule has 0 aromatic heterocycles. The molecule has 0 heterocycles. The third-order valence-electron chi connectivity index (χ3n) is 2.42. The number of hydrogen-bond acceptors (Lipinski definition) is 2. The highest BCUT2D eigenvalue weighted by Gasteiger charge is 2.11. The topological polar surface area (TPSA) is 56.1 Å². The van der Waals surface area contributed by atoms with Crippen molar-refractivity contribution in [2.75, 3.05) is 13.1 Å². The number of carbonyl (C=O) groups is 1. The molecule has 2 amide bonds. The third kappa shape index (κ3) is 3.95. The maximum absolute atomic E-state index is 11.8. The van der Waals surface area contributed by atoms with Crippen LogP contribution in [0, 0.1) is 11.3 Å². The molecule has 0 radical (unpaired) electrons. The van der Waals surface area contributed by atoms with E-state index in [1.54, 1.807) is 23.1 Å². The summed E-state index contributed by atoms with van der Waals surface area (Å²) in [6, 6.07) is 9.17. The summed E-state index contributed by atoms with van der Waals surface area (Å²) in [5.41, 5.74) is 1.61. The molecule has 0 unspecified atom stereocenters. The van der Waals surface area contributed by atoms with Crippen LogP contribution in [0.3, 0.4) is 0 Å². The van der Waals surface area contributed by atoms with E-state index in [1.807, 2.05) is 19.1 Å². The van der Waals surface area contributed by atoms with Crippen molar-refractivity contribution in [2.24, 2.45) is 0 Å². The van der Waals surface area contributed by atoms with Crippen LogP contribution in [-0.4, -0.2) is 24.0 Å². The third-order valence-corrected chi connectivity index (χ3v) is 2.42. The van der Waals surface area contributed by atoms with Gasteiger partial charge in [-0.05, 0) is 24.6 Å². The van der Waals surface area contributed by atoms with Gasteiger partial charge in [-0.1, -0.05) is 18.2 Å². The molecule has 18 heavy (non-hydrogen) atoms. The van der Waals surface area contributed by atoms with Crippen molar-refractivity contribution in [2.45, 2.75) is 13.5 Å². The summed E-state index contributed by atoms with van der Waals surface area (Å²) in [6.45, 7) is 7.12. The second-order valence-corrected chi connectivity index (χ2v) is 3.81. The second-order valence-electron chi connectivity index (χ2n) is 3.81. The van der Waals surface area contributed by atoms with Gasteiger partial charge in [0.15, 0.2) is 0 Å². The van der Waals surface area contributed by atoms with Crippen molar-refractivity contribution < 1.29 is 4.79 Å². The van der Waals surface area contributed by atoms with E-state index in [9.17, 15) is 4.79 Å². The highest BCUT2D eigenvalue weighted by Crippen LogP contribution is 2.07. The van der Waals surface area contributed by atoms with Crippen LogP contribution in [0.5, 0.6) is 0 Å². The summed E-state index contributed by atoms with van der Waals surface area (Å²) in [5, 5.41) is 11.5. The number of hydrogen-bond donors (Lipinski definition) is 1. The SMILES string of the molecule is C=CCN(Cc1ccc(C#N)cc1)C(=O)NCC. The van der Waals surface area contributed by atoms with Crippen LogP contribution in [0.4, 0.5) is 4.79 Å². The van der Waals surface area contributed by atoms with E-state index in [0.29, 0.717) is 25.2 Å². The zero-order chi connectivity index (χ0) is 13.4. The minimum Gasteiger partial charge on any atom is -0.338 e. The predicted molar refractivity (Wildman–Crippen MR) is 70.8 cm³/mol. The predicted octanol–water partition coefficient (Wildman–Crippen LogP) is 2.28. The maximum Gasteiger partial charge on any atom is 0.317 e. The summed E-state index contributed by atoms with van der Waals surface area (Å²) in [7, 11) is 0. The molecule has 4 heteroatoms. The Morgan fingerprint density at radius 2 is 2.17 bits per heavy atom. The largest absolute Gasteiger partial charge is 0.338 e. The van der Waals surface area contributed by atoms with Crippen molar-refractivity contribution in [3.63, 3.8) is 0 Å². The van der Waals surface area contributed by atoms with Crippen LogP contribution >= 0.6 is 0 Å². The van der Waals surface area contributed by atoms with Gasteiger partial charge in [-0.2, -0.15) is 5.26 Å². The van der Waals surface area contributed by atoms with E-state index in [0.717, 1.165) is 5.56 Å². The Morgan fingerprint density at radius 3 is 2.67 bits per heavy atom. The summed E-state index contributed by atoms with van der Waals surface area (Å²) in [4.78, 5) is 13.4. The Bertz CT molecular complexity index is 445. The van der Waals surface area contributed by atoms with Crippen LogP contribution in [0.2, 0.25) is 0 Å². The standard InChI is InChI=1S/C14H17N3O/c1-3-9-17(14(18)16-4-2)11-13-7-5-12(10-15)6-8-13/h3,5-8H,1,4,9,11H2,2H3,(H,16,18). The minimum atomic E-state index is -0.109. The summed E-state index contributed by atoms with van der Waals surface area (Å²) in [5.74, 6) is 0. The van der Waals surface area contributed by atoms with Crippen LogP contribution < -0.4 is 5.32 Å². The van der Waals surface area contributed by atoms with Crippen LogP contribution in [0.25, 0.3) is 0 Å². The molecule has 94 valence electrons. The van der Waals surface area contributed by atoms with Crippen molar-refractivity contribution in [1.29, 1.82) is 5.26 Å². The van der Waals surface area contributed by atoms with Crippen LogP contribution in [0.1, 0.15) is 18.1 Å². The molecule has 0 saturated heterocycles. The Kier molecular flexibility index (Phi) is 5.46. The molecule has 1 aromatic carbocycles. The number of nitrogens with zero attached hydrogens (tertiary/aromatic N) is 2. The zero-order valence-electron chi connectivity index (χ0n) is 10.5. The van der Waals surface area contributed by atoms with Crippen molar-refractivity contribution in [3.05, 3.63) is 48.0 Å². The highest BCUT2D eigenvalue weighted by molar-refractivity contribution is 5.74. The zero-order valence-corrected chi connectivity index (χ0v) is 10.5. The average molecular weight is 243 g/mol. The van der Waals surface area contributed by atoms with Gasteiger partial charge in [0.05, 0.1) is 11.6 Å². The van der Waals surface area contributed by atoms with E-state index in [4.69, 9.17) is 5.26 Å². The van der Waals surface area contributed by atoms with E-state index >= 15 is 0 Å². The van der Waals surface area contributed by atoms with Gasteiger partial charge >= 0.3 is 6.03 Å². The molecule has 4 nitrogen and oxygen atoms in total. The van der Waals surface area contributed by atoms with E-state index in [2.05, 4.69) is 18.0 Å². The monoisotopic (exact) mass is 243 g/mol. The Morgan fingerprint density at radius 1 is 1.50 bits per heavy atom. The average Bonchev–Trinajstić information content (AvgIpc) is 2.39. The van der Waals surface area contributed by atoms with E-state index < -0.39 is 0 Å². The fourth-order valence-electron chi connectivity index (χ4n) is 1.54. The Hall–Kier alpha value is -2.28. The van der Waals surface area contributed by atoms with Gasteiger partial charge < -0.3 is 10.2 Å². The number of carbonyl (C=O) groups excluding carboxylic acids is 1. The van der Waals surface area contributed by atoms with Gasteiger partial charge in [-0.25, -0.2) is 4.79 Å². The molecule has 0 spiro atoms. The fraction of sp³-hybridized carbons (Fsp3) is 0.286. The van der Waals surface area contributed by atoms with Gasteiger partial charge in [0, 0.05) is 19.6 Å². The van der Waals surface area contributed by atoms with E-state index in [1.165, 1.54) is 0 Å². The molecule has 0 aliphatic carbocycles. The number of rotatable bonds is 5. The van der Waals surface area contributed by atoms with Crippen molar-refractivity contribution >= 4 is 6.03 Å². The Labute approximate surface area is 108 Å². The number of nitriles is 1. The molecule has 0 fully saturated rings. The molecule has 0 bridgehead atoms. The normalized spacial score (nSPS) is 9.33. The van der Waals surface area contributed by atoms with Gasteiger partial charge in [-0.15, -0.1) is 6.58 Å². The highest BCUT2D eigenvalue weighted by atomic mass is 16.2. The number of nitrogens with one attached hydrogen (secondary N) is 1. The minimum absolute atomic E-state index is 0.109. The first-order chi connectivity index (χ1) is 8.71. The van der Waals surface area contributed by atoms with Gasteiger partial charge in [0.2, 0.25) is 0 Å². The number of amides is 2. The molecule has 0 aliphatic rings. The van der Waals surface area contributed by atoms with Gasteiger partial charge in [0.1, 0.15) is 0 Å². The quantitative estimate of drug-likeness (QED) is 0.806. The molecular weight excluding hydrogens is 226 g/mol. The maximum atomic E-state index is 11.8. The van der Waals surface area contributed by atoms with Crippen molar-refractivity contribution in [1.82, 2.24) is 10.2 Å². The Balaban J connectivity index is 2.73. The second kappa shape index (κ2) is 7.13. The van der Waals surface area contributed by atoms with Crippen LogP contribution in [0.15, 0.2) is 36.9 Å². The lowest BCUT2D eigenvalue weighted by Crippen LogP contribution is -2.39. The van der Waals surface area contributed by atoms with Crippen LogP contribution in [-0.2, 0) is 6.54 Å². The first kappa shape index (κ1) is 13.8. The molecule has 0 atom stereocenters.